The lowest BCUT2D eigenvalue weighted by molar-refractivity contribution is -0.121. The highest BCUT2D eigenvalue weighted by Gasteiger charge is 2.59. The number of fused-ring (bicyclic) bond motifs is 2. The normalized spacial score (nSPS) is 21.8. The number of benzene rings is 2. The molecule has 6 nitrogen and oxygen atoms in total. The standard InChI is InChI=1S/C25H23N3O3/c1-16-9-10-21(31-2)18(14-16)23(29)28-13-11-25(22(28)17-6-5-12-26-15-17)19-7-3-4-8-20(19)27-24(25)30/h3-10,12,14-15,22H,11,13H2,1-2H3,(H,27,30). The molecule has 31 heavy (non-hydrogen) atoms. The summed E-state index contributed by atoms with van der Waals surface area (Å²) >= 11 is 0. The predicted octanol–water partition coefficient (Wildman–Crippen LogP) is 3.88. The first-order valence-electron chi connectivity index (χ1n) is 10.3. The number of aryl methyl sites for hydroxylation is 1. The SMILES string of the molecule is COc1ccc(C)cc1C(=O)N1CCC2(C(=O)Nc3ccccc32)C1c1cccnc1. The van der Waals surface area contributed by atoms with E-state index in [0.29, 0.717) is 24.3 Å². The summed E-state index contributed by atoms with van der Waals surface area (Å²) in [6.45, 7) is 2.40. The van der Waals surface area contributed by atoms with E-state index >= 15 is 0 Å². The molecule has 3 aromatic rings. The van der Waals surface area contributed by atoms with Crippen LogP contribution < -0.4 is 10.1 Å². The van der Waals surface area contributed by atoms with Crippen LogP contribution in [0.15, 0.2) is 67.0 Å². The van der Waals surface area contributed by atoms with Gasteiger partial charge in [0.15, 0.2) is 0 Å². The maximum Gasteiger partial charge on any atom is 0.258 e. The zero-order valence-corrected chi connectivity index (χ0v) is 17.5. The van der Waals surface area contributed by atoms with E-state index in [1.165, 1.54) is 0 Å². The van der Waals surface area contributed by atoms with Gasteiger partial charge in [0.2, 0.25) is 5.91 Å². The summed E-state index contributed by atoms with van der Waals surface area (Å²) in [6.07, 6.45) is 3.98. The number of aromatic nitrogens is 1. The third-order valence-corrected chi connectivity index (χ3v) is 6.43. The number of nitrogens with one attached hydrogen (secondary N) is 1. The number of anilines is 1. The molecular formula is C25H23N3O3. The number of methoxy groups -OCH3 is 1. The van der Waals surface area contributed by atoms with Gasteiger partial charge in [0.05, 0.1) is 18.7 Å². The van der Waals surface area contributed by atoms with Gasteiger partial charge in [-0.1, -0.05) is 35.9 Å². The molecule has 0 saturated carbocycles. The molecular weight excluding hydrogens is 390 g/mol. The smallest absolute Gasteiger partial charge is 0.258 e. The number of likely N-dealkylation sites (tertiary alicyclic amines) is 1. The fraction of sp³-hybridized carbons (Fsp3) is 0.240. The molecule has 0 bridgehead atoms. The summed E-state index contributed by atoms with van der Waals surface area (Å²) in [5, 5.41) is 3.04. The molecule has 1 spiro atoms. The second kappa shape index (κ2) is 7.23. The van der Waals surface area contributed by atoms with Gasteiger partial charge in [0.1, 0.15) is 11.2 Å². The molecule has 6 heteroatoms. The minimum absolute atomic E-state index is 0.0749. The molecule has 2 aliphatic rings. The summed E-state index contributed by atoms with van der Waals surface area (Å²) < 4.78 is 5.48. The van der Waals surface area contributed by atoms with E-state index in [9.17, 15) is 9.59 Å². The molecule has 5 rings (SSSR count). The molecule has 0 radical (unpaired) electrons. The second-order valence-electron chi connectivity index (χ2n) is 8.11. The number of carbonyl (C=O) groups is 2. The van der Waals surface area contributed by atoms with Gasteiger partial charge in [-0.3, -0.25) is 14.6 Å². The number of nitrogens with zero attached hydrogens (tertiary/aromatic N) is 2. The van der Waals surface area contributed by atoms with Gasteiger partial charge >= 0.3 is 0 Å². The van der Waals surface area contributed by atoms with Crippen molar-refractivity contribution in [1.82, 2.24) is 9.88 Å². The Labute approximate surface area is 180 Å². The van der Waals surface area contributed by atoms with Crippen LogP contribution in [0.1, 0.15) is 39.5 Å². The first-order chi connectivity index (χ1) is 15.1. The Balaban J connectivity index is 1.67. The number of pyridine rings is 1. The summed E-state index contributed by atoms with van der Waals surface area (Å²) in [5.41, 5.74) is 3.20. The fourth-order valence-corrected chi connectivity index (χ4v) is 5.05. The van der Waals surface area contributed by atoms with Crippen LogP contribution in [0.3, 0.4) is 0 Å². The Morgan fingerprint density at radius 3 is 2.81 bits per heavy atom. The van der Waals surface area contributed by atoms with Gasteiger partial charge in [-0.05, 0) is 48.7 Å². The van der Waals surface area contributed by atoms with Gasteiger partial charge in [-0.2, -0.15) is 0 Å². The molecule has 1 N–H and O–H groups in total. The molecule has 2 amide bonds. The zero-order valence-electron chi connectivity index (χ0n) is 17.5. The summed E-state index contributed by atoms with van der Waals surface area (Å²) in [4.78, 5) is 33.3. The molecule has 1 aromatic heterocycles. The lowest BCUT2D eigenvalue weighted by Crippen LogP contribution is -2.42. The first kappa shape index (κ1) is 19.3. The Kier molecular flexibility index (Phi) is 4.50. The lowest BCUT2D eigenvalue weighted by atomic mass is 9.73. The van der Waals surface area contributed by atoms with Crippen LogP contribution in [-0.4, -0.2) is 35.4 Å². The molecule has 1 saturated heterocycles. The Hall–Kier alpha value is -3.67. The zero-order chi connectivity index (χ0) is 21.6. The minimum Gasteiger partial charge on any atom is -0.496 e. The maximum absolute atomic E-state index is 13.8. The molecule has 2 aliphatic heterocycles. The van der Waals surface area contributed by atoms with E-state index in [4.69, 9.17) is 4.74 Å². The third-order valence-electron chi connectivity index (χ3n) is 6.43. The number of rotatable bonds is 3. The number of ether oxygens (including phenoxy) is 1. The first-order valence-corrected chi connectivity index (χ1v) is 10.3. The average molecular weight is 413 g/mol. The van der Waals surface area contributed by atoms with Gasteiger partial charge in [0.25, 0.3) is 5.91 Å². The number of hydrogen-bond donors (Lipinski definition) is 1. The summed E-state index contributed by atoms with van der Waals surface area (Å²) in [6, 6.07) is 16.6. The third kappa shape index (κ3) is 2.82. The molecule has 0 aliphatic carbocycles. The lowest BCUT2D eigenvalue weighted by Gasteiger charge is -2.34. The van der Waals surface area contributed by atoms with E-state index in [1.54, 1.807) is 24.4 Å². The molecule has 2 atom stereocenters. The van der Waals surface area contributed by atoms with Crippen LogP contribution in [0.25, 0.3) is 0 Å². The van der Waals surface area contributed by atoms with Crippen molar-refractivity contribution in [1.29, 1.82) is 0 Å². The highest BCUT2D eigenvalue weighted by molar-refractivity contribution is 6.08. The van der Waals surface area contributed by atoms with E-state index in [-0.39, 0.29) is 11.8 Å². The van der Waals surface area contributed by atoms with Crippen molar-refractivity contribution in [2.45, 2.75) is 24.8 Å². The Morgan fingerprint density at radius 2 is 2.03 bits per heavy atom. The van der Waals surface area contributed by atoms with Gasteiger partial charge in [-0.15, -0.1) is 0 Å². The monoisotopic (exact) mass is 413 g/mol. The Bertz CT molecular complexity index is 1180. The van der Waals surface area contributed by atoms with Crippen molar-refractivity contribution in [2.24, 2.45) is 0 Å². The van der Waals surface area contributed by atoms with Crippen molar-refractivity contribution in [2.75, 3.05) is 19.0 Å². The van der Waals surface area contributed by atoms with Crippen LogP contribution >= 0.6 is 0 Å². The van der Waals surface area contributed by atoms with E-state index in [1.807, 2.05) is 61.5 Å². The highest BCUT2D eigenvalue weighted by Crippen LogP contribution is 2.55. The number of amides is 2. The van der Waals surface area contributed by atoms with Gasteiger partial charge in [0, 0.05) is 24.6 Å². The van der Waals surface area contributed by atoms with Crippen LogP contribution in [0.2, 0.25) is 0 Å². The van der Waals surface area contributed by atoms with Crippen molar-refractivity contribution in [3.05, 3.63) is 89.2 Å². The largest absolute Gasteiger partial charge is 0.496 e. The van der Waals surface area contributed by atoms with Crippen molar-refractivity contribution >= 4 is 17.5 Å². The molecule has 2 unspecified atom stereocenters. The van der Waals surface area contributed by atoms with Crippen molar-refractivity contribution in [3.63, 3.8) is 0 Å². The fourth-order valence-electron chi connectivity index (χ4n) is 5.05. The summed E-state index contributed by atoms with van der Waals surface area (Å²) in [7, 11) is 1.56. The number of para-hydroxylation sites is 1. The molecule has 2 aromatic carbocycles. The Morgan fingerprint density at radius 1 is 1.19 bits per heavy atom. The van der Waals surface area contributed by atoms with Crippen molar-refractivity contribution in [3.8, 4) is 5.75 Å². The predicted molar refractivity (Wildman–Crippen MR) is 117 cm³/mol. The van der Waals surface area contributed by atoms with Gasteiger partial charge in [-0.25, -0.2) is 0 Å². The van der Waals surface area contributed by atoms with Crippen LogP contribution in [0, 0.1) is 6.92 Å². The maximum atomic E-state index is 13.8. The van der Waals surface area contributed by atoms with Crippen LogP contribution in [-0.2, 0) is 10.2 Å². The second-order valence-corrected chi connectivity index (χ2v) is 8.11. The summed E-state index contributed by atoms with van der Waals surface area (Å²) in [5.74, 6) is 0.301. The highest BCUT2D eigenvalue weighted by atomic mass is 16.5. The minimum atomic E-state index is -0.855. The average Bonchev–Trinajstić information content (AvgIpc) is 3.33. The van der Waals surface area contributed by atoms with Crippen LogP contribution in [0.4, 0.5) is 5.69 Å². The van der Waals surface area contributed by atoms with Gasteiger partial charge < -0.3 is 15.0 Å². The van der Waals surface area contributed by atoms with E-state index < -0.39 is 11.5 Å². The quantitative estimate of drug-likeness (QED) is 0.708. The molecule has 156 valence electrons. The molecule has 3 heterocycles. The van der Waals surface area contributed by atoms with Crippen LogP contribution in [0.5, 0.6) is 5.75 Å². The van der Waals surface area contributed by atoms with Crippen molar-refractivity contribution < 1.29 is 14.3 Å². The molecule has 1 fully saturated rings. The van der Waals surface area contributed by atoms with E-state index in [0.717, 1.165) is 22.4 Å². The topological polar surface area (TPSA) is 71.5 Å². The number of carbonyl (C=O) groups excluding carboxylic acids is 2. The van der Waals surface area contributed by atoms with E-state index in [2.05, 4.69) is 10.3 Å². The number of hydrogen-bond acceptors (Lipinski definition) is 4.